The zero-order chi connectivity index (χ0) is 18.5. The van der Waals surface area contributed by atoms with Crippen LogP contribution in [0.15, 0.2) is 40.9 Å². The van der Waals surface area contributed by atoms with E-state index in [1.807, 2.05) is 36.4 Å². The summed E-state index contributed by atoms with van der Waals surface area (Å²) in [6, 6.07) is 12.6. The molecule has 1 aromatic carbocycles. The number of nitrogens with zero attached hydrogens (tertiary/aromatic N) is 1. The fraction of sp³-hybridized carbons (Fsp3) is 0.591. The van der Waals surface area contributed by atoms with Crippen molar-refractivity contribution in [1.29, 1.82) is 0 Å². The third-order valence-corrected chi connectivity index (χ3v) is 5.85. The molecule has 3 atom stereocenters. The van der Waals surface area contributed by atoms with Gasteiger partial charge in [0.25, 0.3) is 0 Å². The monoisotopic (exact) mass is 370 g/mol. The molecule has 1 aromatic heterocycles. The van der Waals surface area contributed by atoms with Gasteiger partial charge in [-0.2, -0.15) is 0 Å². The summed E-state index contributed by atoms with van der Waals surface area (Å²) in [7, 11) is 0. The van der Waals surface area contributed by atoms with Gasteiger partial charge in [-0.25, -0.2) is 0 Å². The number of hydrogen-bond donors (Lipinski definition) is 2. The van der Waals surface area contributed by atoms with Crippen molar-refractivity contribution < 1.29 is 14.4 Å². The van der Waals surface area contributed by atoms with Crippen molar-refractivity contribution in [1.82, 2.24) is 10.5 Å². The maximum absolute atomic E-state index is 10.3. The van der Waals surface area contributed by atoms with Gasteiger partial charge in [-0.15, -0.1) is 0 Å². The van der Waals surface area contributed by atoms with Gasteiger partial charge in [-0.05, 0) is 25.7 Å². The standard InChI is InChI=1S/C22H30N2O3/c25-20-12-11-19(26-22(20)15-23-17-9-5-2-6-10-17)13-18-14-21(27-24-18)16-7-3-1-4-8-16/h1,3-4,7-8,14,17,19-20,22-23,25H,2,5-6,9-13,15H2. The van der Waals surface area contributed by atoms with E-state index >= 15 is 0 Å². The second-order valence-electron chi connectivity index (χ2n) is 7.94. The maximum Gasteiger partial charge on any atom is 0.167 e. The molecule has 146 valence electrons. The van der Waals surface area contributed by atoms with Gasteiger partial charge >= 0.3 is 0 Å². The number of aliphatic hydroxyl groups excluding tert-OH is 1. The predicted molar refractivity (Wildman–Crippen MR) is 104 cm³/mol. The lowest BCUT2D eigenvalue weighted by Crippen LogP contribution is -2.47. The first kappa shape index (κ1) is 18.7. The third-order valence-electron chi connectivity index (χ3n) is 5.85. The normalized spacial score (nSPS) is 26.9. The summed E-state index contributed by atoms with van der Waals surface area (Å²) in [5.41, 5.74) is 1.94. The van der Waals surface area contributed by atoms with E-state index < -0.39 is 0 Å². The van der Waals surface area contributed by atoms with Crippen LogP contribution in [-0.4, -0.2) is 41.2 Å². The smallest absolute Gasteiger partial charge is 0.167 e. The predicted octanol–water partition coefficient (Wildman–Crippen LogP) is 3.71. The SMILES string of the molecule is OC1CCC(Cc2cc(-c3ccccc3)on2)OC1CNC1CCCCC1. The highest BCUT2D eigenvalue weighted by Crippen LogP contribution is 2.25. The van der Waals surface area contributed by atoms with E-state index in [0.717, 1.165) is 42.8 Å². The van der Waals surface area contributed by atoms with Gasteiger partial charge in [0.05, 0.1) is 24.0 Å². The molecule has 2 fully saturated rings. The van der Waals surface area contributed by atoms with Crippen molar-refractivity contribution in [3.63, 3.8) is 0 Å². The Kier molecular flexibility index (Phi) is 6.22. The van der Waals surface area contributed by atoms with Gasteiger partial charge in [0.15, 0.2) is 5.76 Å². The summed E-state index contributed by atoms with van der Waals surface area (Å²) in [5.74, 6) is 0.789. The highest BCUT2D eigenvalue weighted by atomic mass is 16.5. The number of aromatic nitrogens is 1. The number of rotatable bonds is 6. The fourth-order valence-corrected chi connectivity index (χ4v) is 4.25. The van der Waals surface area contributed by atoms with Crippen LogP contribution >= 0.6 is 0 Å². The number of nitrogens with one attached hydrogen (secondary N) is 1. The second kappa shape index (κ2) is 9.00. The minimum Gasteiger partial charge on any atom is -0.390 e. The van der Waals surface area contributed by atoms with E-state index in [1.54, 1.807) is 0 Å². The molecule has 3 unspecified atom stereocenters. The molecule has 2 aliphatic rings. The largest absolute Gasteiger partial charge is 0.390 e. The molecular weight excluding hydrogens is 340 g/mol. The molecule has 0 amide bonds. The van der Waals surface area contributed by atoms with Crippen LogP contribution in [0, 0.1) is 0 Å². The van der Waals surface area contributed by atoms with Crippen LogP contribution in [0.1, 0.15) is 50.6 Å². The molecule has 1 aliphatic heterocycles. The molecule has 2 N–H and O–H groups in total. The Morgan fingerprint density at radius 2 is 1.85 bits per heavy atom. The molecule has 2 heterocycles. The Balaban J connectivity index is 1.31. The van der Waals surface area contributed by atoms with Crippen LogP contribution in [-0.2, 0) is 11.2 Å². The van der Waals surface area contributed by atoms with Crippen molar-refractivity contribution >= 4 is 0 Å². The van der Waals surface area contributed by atoms with Gasteiger partial charge in [0, 0.05) is 30.6 Å². The summed E-state index contributed by atoms with van der Waals surface area (Å²) in [4.78, 5) is 0. The minimum absolute atomic E-state index is 0.0836. The zero-order valence-corrected chi connectivity index (χ0v) is 15.8. The first-order chi connectivity index (χ1) is 13.3. The minimum atomic E-state index is -0.380. The van der Waals surface area contributed by atoms with Gasteiger partial charge < -0.3 is 19.7 Å². The number of ether oxygens (including phenoxy) is 1. The fourth-order valence-electron chi connectivity index (χ4n) is 4.25. The van der Waals surface area contributed by atoms with Crippen molar-refractivity contribution in [2.45, 2.75) is 75.7 Å². The second-order valence-corrected chi connectivity index (χ2v) is 7.94. The van der Waals surface area contributed by atoms with Crippen molar-refractivity contribution in [2.75, 3.05) is 6.54 Å². The van der Waals surface area contributed by atoms with Crippen LogP contribution in [0.4, 0.5) is 0 Å². The molecule has 5 nitrogen and oxygen atoms in total. The van der Waals surface area contributed by atoms with E-state index in [0.29, 0.717) is 6.04 Å². The third kappa shape index (κ3) is 4.98. The van der Waals surface area contributed by atoms with E-state index in [1.165, 1.54) is 32.1 Å². The Hall–Kier alpha value is -1.69. The first-order valence-corrected chi connectivity index (χ1v) is 10.4. The van der Waals surface area contributed by atoms with E-state index in [4.69, 9.17) is 9.26 Å². The van der Waals surface area contributed by atoms with Crippen LogP contribution in [0.2, 0.25) is 0 Å². The Morgan fingerprint density at radius 3 is 2.67 bits per heavy atom. The summed E-state index contributed by atoms with van der Waals surface area (Å²) in [5, 5.41) is 18.2. The molecule has 27 heavy (non-hydrogen) atoms. The van der Waals surface area contributed by atoms with E-state index in [-0.39, 0.29) is 18.3 Å². The number of aliphatic hydroxyl groups is 1. The van der Waals surface area contributed by atoms with Gasteiger partial charge in [-0.3, -0.25) is 0 Å². The average Bonchev–Trinajstić information content (AvgIpc) is 3.18. The first-order valence-electron chi connectivity index (χ1n) is 10.4. The van der Waals surface area contributed by atoms with Crippen LogP contribution in [0.3, 0.4) is 0 Å². The molecule has 1 aliphatic carbocycles. The Labute approximate surface area is 161 Å². The zero-order valence-electron chi connectivity index (χ0n) is 15.8. The molecule has 4 rings (SSSR count). The maximum atomic E-state index is 10.3. The van der Waals surface area contributed by atoms with Gasteiger partial charge in [0.2, 0.25) is 0 Å². The average molecular weight is 370 g/mol. The Bertz CT molecular complexity index is 697. The summed E-state index contributed by atoms with van der Waals surface area (Å²) < 4.78 is 11.7. The van der Waals surface area contributed by atoms with Crippen LogP contribution < -0.4 is 5.32 Å². The highest BCUT2D eigenvalue weighted by Gasteiger charge is 2.31. The van der Waals surface area contributed by atoms with Gasteiger partial charge in [0.1, 0.15) is 0 Å². The Morgan fingerprint density at radius 1 is 1.04 bits per heavy atom. The topological polar surface area (TPSA) is 67.5 Å². The van der Waals surface area contributed by atoms with Crippen LogP contribution in [0.5, 0.6) is 0 Å². The lowest BCUT2D eigenvalue weighted by atomic mass is 9.94. The van der Waals surface area contributed by atoms with Crippen molar-refractivity contribution in [3.05, 3.63) is 42.1 Å². The summed E-state index contributed by atoms with van der Waals surface area (Å²) in [6.07, 6.45) is 8.39. The van der Waals surface area contributed by atoms with Gasteiger partial charge in [-0.1, -0.05) is 54.8 Å². The lowest BCUT2D eigenvalue weighted by molar-refractivity contribution is -0.115. The molecule has 1 saturated carbocycles. The van der Waals surface area contributed by atoms with Crippen molar-refractivity contribution in [2.24, 2.45) is 0 Å². The quantitative estimate of drug-likeness (QED) is 0.811. The number of hydrogen-bond acceptors (Lipinski definition) is 5. The molecule has 0 bridgehead atoms. The lowest BCUT2D eigenvalue weighted by Gasteiger charge is -2.35. The summed E-state index contributed by atoms with van der Waals surface area (Å²) in [6.45, 7) is 0.733. The van der Waals surface area contributed by atoms with Crippen LogP contribution in [0.25, 0.3) is 11.3 Å². The van der Waals surface area contributed by atoms with Crippen molar-refractivity contribution in [3.8, 4) is 11.3 Å². The highest BCUT2D eigenvalue weighted by molar-refractivity contribution is 5.56. The number of benzene rings is 1. The molecule has 2 aromatic rings. The molecule has 0 spiro atoms. The molecule has 0 radical (unpaired) electrons. The van der Waals surface area contributed by atoms with E-state index in [9.17, 15) is 5.11 Å². The molecular formula is C22H30N2O3. The summed E-state index contributed by atoms with van der Waals surface area (Å²) >= 11 is 0. The molecule has 1 saturated heterocycles. The van der Waals surface area contributed by atoms with E-state index in [2.05, 4.69) is 10.5 Å². The molecule has 5 heteroatoms.